The van der Waals surface area contributed by atoms with E-state index in [2.05, 4.69) is 27.7 Å². The van der Waals surface area contributed by atoms with Gasteiger partial charge in [0, 0.05) is 26.2 Å². The van der Waals surface area contributed by atoms with Gasteiger partial charge in [0.05, 0.1) is 11.1 Å². The lowest BCUT2D eigenvalue weighted by molar-refractivity contribution is 0.0710. The second-order valence-corrected chi connectivity index (χ2v) is 8.96. The molecule has 0 aromatic heterocycles. The van der Waals surface area contributed by atoms with E-state index in [4.69, 9.17) is 0 Å². The Labute approximate surface area is 197 Å². The molecule has 32 heavy (non-hydrogen) atoms. The largest absolute Gasteiger partial charge is 0.339 e. The van der Waals surface area contributed by atoms with Crippen molar-refractivity contribution in [1.29, 1.82) is 0 Å². The van der Waals surface area contributed by atoms with Crippen LogP contribution in [0.25, 0.3) is 0 Å². The summed E-state index contributed by atoms with van der Waals surface area (Å²) in [6.07, 6.45) is 13.1. The van der Waals surface area contributed by atoms with Gasteiger partial charge in [-0.25, -0.2) is 0 Å². The van der Waals surface area contributed by atoms with E-state index in [-0.39, 0.29) is 11.8 Å². The fourth-order valence-electron chi connectivity index (χ4n) is 4.04. The van der Waals surface area contributed by atoms with Crippen molar-refractivity contribution in [1.82, 2.24) is 9.80 Å². The Hall–Kier alpha value is -1.84. The fourth-order valence-corrected chi connectivity index (χ4v) is 4.04. The molecule has 0 atom stereocenters. The first kappa shape index (κ1) is 28.2. The molecular weight excluding hydrogens is 396 g/mol. The number of carbonyl (C=O) groups excluding carboxylic acids is 2. The van der Waals surface area contributed by atoms with Crippen molar-refractivity contribution < 1.29 is 9.59 Å². The second kappa shape index (κ2) is 17.7. The van der Waals surface area contributed by atoms with Crippen molar-refractivity contribution in [2.45, 2.75) is 105 Å². The zero-order valence-corrected chi connectivity index (χ0v) is 21.3. The molecule has 0 heterocycles. The molecule has 2 amide bonds. The number of nitrogens with zero attached hydrogens (tertiary/aromatic N) is 2. The van der Waals surface area contributed by atoms with E-state index in [1.165, 1.54) is 0 Å². The molecule has 0 aliphatic carbocycles. The molecule has 0 unspecified atom stereocenters. The molecule has 1 aromatic carbocycles. The fraction of sp³-hybridized carbons (Fsp3) is 0.714. The summed E-state index contributed by atoms with van der Waals surface area (Å²) in [4.78, 5) is 31.1. The lowest BCUT2D eigenvalue weighted by Gasteiger charge is -2.26. The molecule has 0 N–H and O–H groups in total. The molecule has 0 bridgehead atoms. The zero-order chi connectivity index (χ0) is 23.6. The molecule has 0 fully saturated rings. The standard InChI is InChI=1S/C28H48N2O2/c1-5-9-15-21-29(22-16-10-6-2)27(31)25-19-13-14-20-26(25)28(32)30(23-17-11-7-3)24-18-12-8-4/h13-14,19-20H,5-12,15-18,21-24H2,1-4H3. The molecular formula is C28H48N2O2. The molecule has 1 aromatic rings. The smallest absolute Gasteiger partial charge is 0.254 e. The highest BCUT2D eigenvalue weighted by molar-refractivity contribution is 6.07. The summed E-state index contributed by atoms with van der Waals surface area (Å²) in [6.45, 7) is 11.8. The Balaban J connectivity index is 3.07. The van der Waals surface area contributed by atoms with Gasteiger partial charge in [0.1, 0.15) is 0 Å². The maximum Gasteiger partial charge on any atom is 0.254 e. The third kappa shape index (κ3) is 10.2. The first-order valence-electron chi connectivity index (χ1n) is 13.3. The summed E-state index contributed by atoms with van der Waals surface area (Å²) in [5.41, 5.74) is 1.14. The van der Waals surface area contributed by atoms with Crippen LogP contribution in [0.5, 0.6) is 0 Å². The Kier molecular flexibility index (Phi) is 15.6. The predicted octanol–water partition coefficient (Wildman–Crippen LogP) is 7.33. The average Bonchev–Trinajstić information content (AvgIpc) is 2.81. The highest BCUT2D eigenvalue weighted by Crippen LogP contribution is 2.17. The van der Waals surface area contributed by atoms with Gasteiger partial charge in [0.25, 0.3) is 11.8 Å². The van der Waals surface area contributed by atoms with Gasteiger partial charge in [0.2, 0.25) is 0 Å². The quantitative estimate of drug-likeness (QED) is 0.222. The Bertz CT molecular complexity index is 569. The first-order chi connectivity index (χ1) is 15.6. The predicted molar refractivity (Wildman–Crippen MR) is 136 cm³/mol. The lowest BCUT2D eigenvalue weighted by Crippen LogP contribution is -2.37. The van der Waals surface area contributed by atoms with Gasteiger partial charge >= 0.3 is 0 Å². The molecule has 0 aliphatic rings. The SMILES string of the molecule is CCCCCN(CCCCC)C(=O)c1ccccc1C(=O)N(CCCCC)CCCCC. The van der Waals surface area contributed by atoms with Crippen LogP contribution in [0, 0.1) is 0 Å². The van der Waals surface area contributed by atoms with Crippen molar-refractivity contribution >= 4 is 11.8 Å². The molecule has 0 saturated carbocycles. The van der Waals surface area contributed by atoms with E-state index in [0.29, 0.717) is 11.1 Å². The number of rotatable bonds is 18. The van der Waals surface area contributed by atoms with Gasteiger partial charge in [-0.3, -0.25) is 9.59 Å². The summed E-state index contributed by atoms with van der Waals surface area (Å²) in [7, 11) is 0. The van der Waals surface area contributed by atoms with E-state index < -0.39 is 0 Å². The summed E-state index contributed by atoms with van der Waals surface area (Å²) < 4.78 is 0. The average molecular weight is 445 g/mol. The Morgan fingerprint density at radius 2 is 0.812 bits per heavy atom. The zero-order valence-electron chi connectivity index (χ0n) is 21.3. The van der Waals surface area contributed by atoms with Crippen LogP contribution < -0.4 is 0 Å². The third-order valence-corrected chi connectivity index (χ3v) is 6.09. The molecule has 0 spiro atoms. The van der Waals surface area contributed by atoms with Crippen molar-refractivity contribution in [3.05, 3.63) is 35.4 Å². The molecule has 4 nitrogen and oxygen atoms in total. The summed E-state index contributed by atoms with van der Waals surface area (Å²) in [5.74, 6) is 0.0337. The van der Waals surface area contributed by atoms with Crippen LogP contribution in [0.15, 0.2) is 24.3 Å². The molecule has 0 radical (unpaired) electrons. The van der Waals surface area contributed by atoms with Crippen LogP contribution in [-0.4, -0.2) is 47.8 Å². The maximum atomic E-state index is 13.6. The Morgan fingerprint density at radius 1 is 0.531 bits per heavy atom. The van der Waals surface area contributed by atoms with E-state index in [1.54, 1.807) is 0 Å². The number of carbonyl (C=O) groups is 2. The van der Waals surface area contributed by atoms with Crippen LogP contribution in [0.4, 0.5) is 0 Å². The minimum absolute atomic E-state index is 0.0169. The van der Waals surface area contributed by atoms with Gasteiger partial charge in [-0.05, 0) is 37.8 Å². The van der Waals surface area contributed by atoms with Crippen LogP contribution in [0.3, 0.4) is 0 Å². The van der Waals surface area contributed by atoms with Crippen molar-refractivity contribution in [3.63, 3.8) is 0 Å². The monoisotopic (exact) mass is 444 g/mol. The van der Waals surface area contributed by atoms with Crippen LogP contribution in [0.1, 0.15) is 125 Å². The summed E-state index contributed by atoms with van der Waals surface area (Å²) >= 11 is 0. The Morgan fingerprint density at radius 3 is 1.06 bits per heavy atom. The van der Waals surface area contributed by atoms with Gasteiger partial charge in [-0.15, -0.1) is 0 Å². The van der Waals surface area contributed by atoms with Crippen LogP contribution >= 0.6 is 0 Å². The second-order valence-electron chi connectivity index (χ2n) is 8.96. The molecule has 182 valence electrons. The van der Waals surface area contributed by atoms with Crippen molar-refractivity contribution in [2.24, 2.45) is 0 Å². The molecule has 4 heteroatoms. The topological polar surface area (TPSA) is 40.6 Å². The van der Waals surface area contributed by atoms with Gasteiger partial charge < -0.3 is 9.80 Å². The summed E-state index contributed by atoms with van der Waals surface area (Å²) in [5, 5.41) is 0. The van der Waals surface area contributed by atoms with Crippen LogP contribution in [-0.2, 0) is 0 Å². The number of unbranched alkanes of at least 4 members (excludes halogenated alkanes) is 8. The minimum Gasteiger partial charge on any atom is -0.339 e. The van der Waals surface area contributed by atoms with E-state index in [1.807, 2.05) is 34.1 Å². The minimum atomic E-state index is 0.0169. The van der Waals surface area contributed by atoms with E-state index in [9.17, 15) is 9.59 Å². The molecule has 0 aliphatic heterocycles. The van der Waals surface area contributed by atoms with Crippen molar-refractivity contribution in [3.8, 4) is 0 Å². The van der Waals surface area contributed by atoms with Gasteiger partial charge in [-0.1, -0.05) is 91.2 Å². The highest BCUT2D eigenvalue weighted by atomic mass is 16.2. The number of amides is 2. The van der Waals surface area contributed by atoms with E-state index in [0.717, 1.165) is 103 Å². The van der Waals surface area contributed by atoms with Crippen LogP contribution in [0.2, 0.25) is 0 Å². The van der Waals surface area contributed by atoms with Gasteiger partial charge in [0.15, 0.2) is 0 Å². The highest BCUT2D eigenvalue weighted by Gasteiger charge is 2.24. The van der Waals surface area contributed by atoms with Crippen molar-refractivity contribution in [2.75, 3.05) is 26.2 Å². The normalized spacial score (nSPS) is 10.9. The number of hydrogen-bond donors (Lipinski definition) is 0. The molecule has 1 rings (SSSR count). The number of hydrogen-bond acceptors (Lipinski definition) is 2. The third-order valence-electron chi connectivity index (χ3n) is 6.09. The maximum absolute atomic E-state index is 13.6. The molecule has 0 saturated heterocycles. The first-order valence-corrected chi connectivity index (χ1v) is 13.3. The van der Waals surface area contributed by atoms with Gasteiger partial charge in [-0.2, -0.15) is 0 Å². The lowest BCUT2D eigenvalue weighted by atomic mass is 10.0. The number of benzene rings is 1. The van der Waals surface area contributed by atoms with E-state index >= 15 is 0 Å². The summed E-state index contributed by atoms with van der Waals surface area (Å²) in [6, 6.07) is 7.47.